The number of carboxylic acid groups (broad SMARTS) is 2. The summed E-state index contributed by atoms with van der Waals surface area (Å²) >= 11 is 0. The van der Waals surface area contributed by atoms with Gasteiger partial charge in [0.25, 0.3) is 0 Å². The average molecular weight is 158 g/mol. The van der Waals surface area contributed by atoms with Crippen LogP contribution < -0.4 is 10.2 Å². The molecule has 0 heterocycles. The van der Waals surface area contributed by atoms with Gasteiger partial charge < -0.3 is 19.8 Å². The standard InChI is InChI=1S/C6H8O5/c7-4(6(10)11)2-1-3-5(8)9/h1-3H2,(H,8,9)(H,10,11)/p-2. The highest BCUT2D eigenvalue weighted by Crippen LogP contribution is 1.94. The van der Waals surface area contributed by atoms with Gasteiger partial charge in [0.1, 0.15) is 5.97 Å². The molecule has 5 nitrogen and oxygen atoms in total. The number of Topliss-reactive ketones (excluding diaryl/α,β-unsaturated/α-hetero) is 1. The van der Waals surface area contributed by atoms with Crippen LogP contribution in [0.4, 0.5) is 0 Å². The molecule has 0 aliphatic carbocycles. The second kappa shape index (κ2) is 4.43. The van der Waals surface area contributed by atoms with E-state index in [0.717, 1.165) is 0 Å². The maximum atomic E-state index is 10.2. The summed E-state index contributed by atoms with van der Waals surface area (Å²) in [5, 5.41) is 19.5. The first-order valence-corrected chi connectivity index (χ1v) is 2.98. The molecule has 62 valence electrons. The molecular weight excluding hydrogens is 152 g/mol. The number of carbonyl (C=O) groups excluding carboxylic acids is 3. The first-order chi connectivity index (χ1) is 5.04. The summed E-state index contributed by atoms with van der Waals surface area (Å²) in [5.74, 6) is -4.15. The zero-order valence-electron chi connectivity index (χ0n) is 5.66. The van der Waals surface area contributed by atoms with Crippen molar-refractivity contribution in [1.29, 1.82) is 0 Å². The molecule has 0 aromatic heterocycles. The molecule has 0 rings (SSSR count). The highest BCUT2D eigenvalue weighted by atomic mass is 16.4. The van der Waals surface area contributed by atoms with Crippen LogP contribution in [0.5, 0.6) is 0 Å². The quantitative estimate of drug-likeness (QED) is 0.403. The summed E-state index contributed by atoms with van der Waals surface area (Å²) in [7, 11) is 0. The van der Waals surface area contributed by atoms with Crippen molar-refractivity contribution in [3.05, 3.63) is 0 Å². The van der Waals surface area contributed by atoms with E-state index in [0.29, 0.717) is 0 Å². The van der Waals surface area contributed by atoms with Crippen molar-refractivity contribution < 1.29 is 24.6 Å². The molecule has 11 heavy (non-hydrogen) atoms. The van der Waals surface area contributed by atoms with Crippen LogP contribution in [0.1, 0.15) is 19.3 Å². The van der Waals surface area contributed by atoms with E-state index in [1.54, 1.807) is 0 Å². The lowest BCUT2D eigenvalue weighted by atomic mass is 10.2. The Kier molecular flexibility index (Phi) is 3.87. The molecule has 0 aliphatic heterocycles. The number of carbonyl (C=O) groups is 3. The van der Waals surface area contributed by atoms with Gasteiger partial charge in [-0.05, 0) is 12.8 Å². The Bertz CT molecular complexity index is 183. The third-order valence-corrected chi connectivity index (χ3v) is 1.01. The predicted molar refractivity (Wildman–Crippen MR) is 28.9 cm³/mol. The van der Waals surface area contributed by atoms with Crippen LogP contribution in [0.25, 0.3) is 0 Å². The number of carboxylic acids is 2. The zero-order valence-corrected chi connectivity index (χ0v) is 5.66. The Balaban J connectivity index is 3.47. The van der Waals surface area contributed by atoms with Crippen molar-refractivity contribution in [2.75, 3.05) is 0 Å². The molecule has 0 aliphatic rings. The van der Waals surface area contributed by atoms with Crippen LogP contribution >= 0.6 is 0 Å². The third kappa shape index (κ3) is 5.07. The van der Waals surface area contributed by atoms with Crippen molar-refractivity contribution in [1.82, 2.24) is 0 Å². The minimum atomic E-state index is -1.77. The van der Waals surface area contributed by atoms with E-state index in [9.17, 15) is 24.6 Å². The van der Waals surface area contributed by atoms with Gasteiger partial charge >= 0.3 is 0 Å². The maximum Gasteiger partial charge on any atom is 0.178 e. The van der Waals surface area contributed by atoms with Crippen LogP contribution in [-0.4, -0.2) is 17.7 Å². The van der Waals surface area contributed by atoms with E-state index < -0.39 is 17.7 Å². The second-order valence-corrected chi connectivity index (χ2v) is 1.94. The Hall–Kier alpha value is -1.39. The number of ketones is 1. The maximum absolute atomic E-state index is 10.2. The first-order valence-electron chi connectivity index (χ1n) is 2.98. The molecule has 0 aromatic rings. The van der Waals surface area contributed by atoms with E-state index >= 15 is 0 Å². The fraction of sp³-hybridized carbons (Fsp3) is 0.500. The molecule has 0 aromatic carbocycles. The molecule has 0 fully saturated rings. The van der Waals surface area contributed by atoms with Gasteiger partial charge in [0, 0.05) is 12.4 Å². The molecule has 0 atom stereocenters. The van der Waals surface area contributed by atoms with Gasteiger partial charge in [-0.1, -0.05) is 0 Å². The monoisotopic (exact) mass is 158 g/mol. The second-order valence-electron chi connectivity index (χ2n) is 1.94. The van der Waals surface area contributed by atoms with E-state index in [-0.39, 0.29) is 19.3 Å². The normalized spacial score (nSPS) is 9.09. The topological polar surface area (TPSA) is 97.3 Å². The van der Waals surface area contributed by atoms with Crippen molar-refractivity contribution in [2.24, 2.45) is 0 Å². The summed E-state index contributed by atoms with van der Waals surface area (Å²) in [6, 6.07) is 0. The van der Waals surface area contributed by atoms with E-state index in [2.05, 4.69) is 0 Å². The van der Waals surface area contributed by atoms with E-state index in [1.807, 2.05) is 0 Å². The molecule has 0 radical (unpaired) electrons. The molecule has 5 heteroatoms. The van der Waals surface area contributed by atoms with Crippen molar-refractivity contribution in [3.8, 4) is 0 Å². The molecule has 0 N–H and O–H groups in total. The minimum absolute atomic E-state index is 0.0187. The van der Waals surface area contributed by atoms with Crippen LogP contribution in [0, 0.1) is 0 Å². The molecule has 0 spiro atoms. The van der Waals surface area contributed by atoms with Crippen molar-refractivity contribution in [3.63, 3.8) is 0 Å². The molecule has 0 saturated carbocycles. The fourth-order valence-corrected chi connectivity index (χ4v) is 0.495. The first kappa shape index (κ1) is 9.61. The predicted octanol–water partition coefficient (Wildman–Crippen LogP) is -2.77. The number of hydrogen-bond donors (Lipinski definition) is 0. The molecule has 0 bridgehead atoms. The lowest BCUT2D eigenvalue weighted by molar-refractivity contribution is -0.306. The molecule has 0 saturated heterocycles. The number of hydrogen-bond acceptors (Lipinski definition) is 5. The van der Waals surface area contributed by atoms with Crippen molar-refractivity contribution in [2.45, 2.75) is 19.3 Å². The molecule has 0 amide bonds. The Morgan fingerprint density at radius 3 is 1.91 bits per heavy atom. The highest BCUT2D eigenvalue weighted by molar-refractivity contribution is 6.31. The fourth-order valence-electron chi connectivity index (χ4n) is 0.495. The average Bonchev–Trinajstić information content (AvgIpc) is 1.86. The third-order valence-electron chi connectivity index (χ3n) is 1.01. The summed E-state index contributed by atoms with van der Waals surface area (Å²) in [4.78, 5) is 29.8. The van der Waals surface area contributed by atoms with Crippen molar-refractivity contribution >= 4 is 17.7 Å². The summed E-state index contributed by atoms with van der Waals surface area (Å²) in [5.41, 5.74) is 0. The van der Waals surface area contributed by atoms with Crippen LogP contribution in [0.3, 0.4) is 0 Å². The lowest BCUT2D eigenvalue weighted by Gasteiger charge is -2.01. The Morgan fingerprint density at radius 1 is 1.00 bits per heavy atom. The van der Waals surface area contributed by atoms with Gasteiger partial charge in [-0.2, -0.15) is 0 Å². The SMILES string of the molecule is O=C([O-])CCCC(=O)C(=O)[O-]. The summed E-state index contributed by atoms with van der Waals surface area (Å²) < 4.78 is 0. The van der Waals surface area contributed by atoms with Gasteiger partial charge in [-0.15, -0.1) is 0 Å². The smallest absolute Gasteiger partial charge is 0.178 e. The largest absolute Gasteiger partial charge is 0.550 e. The minimum Gasteiger partial charge on any atom is -0.550 e. The van der Waals surface area contributed by atoms with Gasteiger partial charge in [-0.25, -0.2) is 0 Å². The van der Waals surface area contributed by atoms with Crippen LogP contribution in [0.2, 0.25) is 0 Å². The van der Waals surface area contributed by atoms with Gasteiger partial charge in [-0.3, -0.25) is 4.79 Å². The van der Waals surface area contributed by atoms with Crippen LogP contribution in [0.15, 0.2) is 0 Å². The zero-order chi connectivity index (χ0) is 8.85. The van der Waals surface area contributed by atoms with E-state index in [1.165, 1.54) is 0 Å². The summed E-state index contributed by atoms with van der Waals surface area (Å²) in [6.45, 7) is 0. The Morgan fingerprint density at radius 2 is 1.55 bits per heavy atom. The molecular formula is C6H6O5-2. The van der Waals surface area contributed by atoms with Crippen LogP contribution in [-0.2, 0) is 14.4 Å². The van der Waals surface area contributed by atoms with Gasteiger partial charge in [0.2, 0.25) is 0 Å². The van der Waals surface area contributed by atoms with E-state index in [4.69, 9.17) is 0 Å². The van der Waals surface area contributed by atoms with Gasteiger partial charge in [0.05, 0.1) is 0 Å². The summed E-state index contributed by atoms with van der Waals surface area (Å²) in [6.07, 6.45) is -0.634. The van der Waals surface area contributed by atoms with Gasteiger partial charge in [0.15, 0.2) is 5.78 Å². The highest BCUT2D eigenvalue weighted by Gasteiger charge is 2.01. The number of aliphatic carboxylic acids is 2. The lowest BCUT2D eigenvalue weighted by Crippen LogP contribution is -2.31. The molecule has 0 unspecified atom stereocenters. The number of rotatable bonds is 5. The Labute approximate surface area is 62.6 Å².